The first-order chi connectivity index (χ1) is 9.08. The zero-order valence-corrected chi connectivity index (χ0v) is 11.9. The van der Waals surface area contributed by atoms with Crippen LogP contribution in [0.2, 0.25) is 0 Å². The first kappa shape index (κ1) is 13.8. The van der Waals surface area contributed by atoms with E-state index in [9.17, 15) is 10.1 Å². The van der Waals surface area contributed by atoms with Gasteiger partial charge in [0.15, 0.2) is 5.78 Å². The van der Waals surface area contributed by atoms with Gasteiger partial charge in [0.2, 0.25) is 0 Å². The lowest BCUT2D eigenvalue weighted by Gasteiger charge is -2.33. The molecule has 0 radical (unpaired) electrons. The third-order valence-electron chi connectivity index (χ3n) is 3.24. The summed E-state index contributed by atoms with van der Waals surface area (Å²) in [6.45, 7) is 5.64. The largest absolute Gasteiger partial charge is 0.396 e. The number of nitriles is 1. The lowest BCUT2D eigenvalue weighted by Crippen LogP contribution is -2.42. The Morgan fingerprint density at radius 2 is 2.42 bits per heavy atom. The maximum Gasteiger partial charge on any atom is 0.171 e. The molecule has 0 aliphatic carbocycles. The fraction of sp³-hybridized carbons (Fsp3) is 0.538. The van der Waals surface area contributed by atoms with Crippen LogP contribution in [0.3, 0.4) is 0 Å². The van der Waals surface area contributed by atoms with E-state index in [1.807, 2.05) is 0 Å². The van der Waals surface area contributed by atoms with Gasteiger partial charge in [0, 0.05) is 20.0 Å². The van der Waals surface area contributed by atoms with E-state index in [-0.39, 0.29) is 11.9 Å². The molecule has 0 saturated carbocycles. The molecular weight excluding hydrogens is 262 g/mol. The molecule has 1 aliphatic rings. The van der Waals surface area contributed by atoms with Crippen molar-refractivity contribution in [2.75, 3.05) is 30.3 Å². The second-order valence-electron chi connectivity index (χ2n) is 4.54. The fourth-order valence-electron chi connectivity index (χ4n) is 2.17. The Hall–Kier alpha value is -1.58. The molecule has 0 bridgehead atoms. The number of rotatable bonds is 3. The van der Waals surface area contributed by atoms with E-state index >= 15 is 0 Å². The molecule has 1 aromatic rings. The Morgan fingerprint density at radius 3 is 3.00 bits per heavy atom. The summed E-state index contributed by atoms with van der Waals surface area (Å²) in [5.74, 6) is -0.0921. The van der Waals surface area contributed by atoms with Gasteiger partial charge in [-0.2, -0.15) is 5.26 Å². The number of carbonyl (C=O) groups is 1. The predicted molar refractivity (Wildman–Crippen MR) is 75.7 cm³/mol. The van der Waals surface area contributed by atoms with Crippen molar-refractivity contribution >= 4 is 27.8 Å². The summed E-state index contributed by atoms with van der Waals surface area (Å²) < 4.78 is 5.62. The molecule has 1 fully saturated rings. The summed E-state index contributed by atoms with van der Waals surface area (Å²) in [7, 11) is 0. The summed E-state index contributed by atoms with van der Waals surface area (Å²) in [5.41, 5.74) is 6.64. The van der Waals surface area contributed by atoms with Crippen LogP contribution in [0.15, 0.2) is 0 Å². The normalized spacial score (nSPS) is 19.2. The van der Waals surface area contributed by atoms with E-state index in [1.165, 1.54) is 18.3 Å². The molecule has 1 saturated heterocycles. The predicted octanol–water partition coefficient (Wildman–Crippen LogP) is 2.02. The highest BCUT2D eigenvalue weighted by Crippen LogP contribution is 2.38. The number of nitrogens with two attached hydrogens (primary N) is 1. The Balaban J connectivity index is 2.36. The number of hydrogen-bond donors (Lipinski definition) is 1. The molecule has 2 rings (SSSR count). The molecule has 2 N–H and O–H groups in total. The summed E-state index contributed by atoms with van der Waals surface area (Å²) in [6.07, 6.45) is 1.10. The molecule has 6 heteroatoms. The van der Waals surface area contributed by atoms with Gasteiger partial charge in [-0.3, -0.25) is 4.79 Å². The third kappa shape index (κ3) is 2.57. The van der Waals surface area contributed by atoms with Crippen LogP contribution in [-0.4, -0.2) is 31.6 Å². The average Bonchev–Trinajstić information content (AvgIpc) is 2.75. The highest BCUT2D eigenvalue weighted by Gasteiger charge is 2.26. The number of carbonyl (C=O) groups excluding carboxylic acids is 1. The number of ketones is 1. The minimum absolute atomic E-state index is 0.0921. The third-order valence-corrected chi connectivity index (χ3v) is 4.61. The van der Waals surface area contributed by atoms with Crippen LogP contribution < -0.4 is 10.6 Å². The highest BCUT2D eigenvalue weighted by atomic mass is 32.1. The Kier molecular flexibility index (Phi) is 4.08. The molecule has 1 aliphatic heterocycles. The number of hydrogen-bond acceptors (Lipinski definition) is 6. The first-order valence-corrected chi connectivity index (χ1v) is 7.10. The molecule has 19 heavy (non-hydrogen) atoms. The Labute approximate surface area is 116 Å². The summed E-state index contributed by atoms with van der Waals surface area (Å²) in [6, 6.07) is 2.12. The Morgan fingerprint density at radius 1 is 1.68 bits per heavy atom. The summed E-state index contributed by atoms with van der Waals surface area (Å²) in [4.78, 5) is 14.1. The van der Waals surface area contributed by atoms with Gasteiger partial charge >= 0.3 is 0 Å². The van der Waals surface area contributed by atoms with Gasteiger partial charge in [-0.05, 0) is 6.42 Å². The zero-order chi connectivity index (χ0) is 14.0. The molecule has 0 amide bonds. The number of morpholine rings is 1. The topological polar surface area (TPSA) is 79.4 Å². The van der Waals surface area contributed by atoms with E-state index in [4.69, 9.17) is 10.5 Å². The van der Waals surface area contributed by atoms with Crippen LogP contribution in [0.1, 0.15) is 35.5 Å². The van der Waals surface area contributed by atoms with Crippen LogP contribution in [-0.2, 0) is 4.74 Å². The molecule has 102 valence electrons. The lowest BCUT2D eigenvalue weighted by molar-refractivity contribution is 0.0386. The van der Waals surface area contributed by atoms with Crippen LogP contribution in [0.4, 0.5) is 10.7 Å². The smallest absolute Gasteiger partial charge is 0.171 e. The number of ether oxygens (including phenoxy) is 1. The van der Waals surface area contributed by atoms with Crippen molar-refractivity contribution in [1.29, 1.82) is 5.26 Å². The van der Waals surface area contributed by atoms with Gasteiger partial charge in [0.1, 0.15) is 16.6 Å². The number of nitrogens with zero attached hydrogens (tertiary/aromatic N) is 2. The van der Waals surface area contributed by atoms with Crippen molar-refractivity contribution < 1.29 is 9.53 Å². The second-order valence-corrected chi connectivity index (χ2v) is 5.54. The molecule has 1 atom stereocenters. The van der Waals surface area contributed by atoms with Gasteiger partial charge in [-0.15, -0.1) is 11.3 Å². The van der Waals surface area contributed by atoms with Crippen molar-refractivity contribution in [3.8, 4) is 6.07 Å². The highest BCUT2D eigenvalue weighted by molar-refractivity contribution is 7.19. The van der Waals surface area contributed by atoms with E-state index in [0.29, 0.717) is 22.7 Å². The van der Waals surface area contributed by atoms with Crippen molar-refractivity contribution in [2.45, 2.75) is 26.4 Å². The Bertz CT molecular complexity index is 533. The SMILES string of the molecule is CCC1CN(c2sc(C(C)=O)c(N)c2C#N)CCO1. The van der Waals surface area contributed by atoms with Crippen LogP contribution >= 0.6 is 11.3 Å². The van der Waals surface area contributed by atoms with Crippen molar-refractivity contribution in [3.05, 3.63) is 10.4 Å². The molecule has 2 heterocycles. The number of thiophene rings is 1. The van der Waals surface area contributed by atoms with Gasteiger partial charge < -0.3 is 15.4 Å². The molecule has 5 nitrogen and oxygen atoms in total. The fourth-order valence-corrected chi connectivity index (χ4v) is 3.28. The van der Waals surface area contributed by atoms with E-state index in [2.05, 4.69) is 17.9 Å². The maximum atomic E-state index is 11.5. The maximum absolute atomic E-state index is 11.5. The summed E-state index contributed by atoms with van der Waals surface area (Å²) in [5, 5.41) is 10.1. The minimum Gasteiger partial charge on any atom is -0.396 e. The van der Waals surface area contributed by atoms with Gasteiger partial charge in [0.05, 0.1) is 23.3 Å². The van der Waals surface area contributed by atoms with E-state index < -0.39 is 0 Å². The zero-order valence-electron chi connectivity index (χ0n) is 11.1. The standard InChI is InChI=1S/C13H17N3O2S/c1-3-9-7-16(4-5-18-9)13-10(6-14)11(15)12(19-13)8(2)17/h9H,3-5,7,15H2,1-2H3. The molecule has 1 aromatic heterocycles. The van der Waals surface area contributed by atoms with Crippen molar-refractivity contribution in [1.82, 2.24) is 0 Å². The van der Waals surface area contributed by atoms with Crippen molar-refractivity contribution in [3.63, 3.8) is 0 Å². The number of nitrogen functional groups attached to an aromatic ring is 1. The van der Waals surface area contributed by atoms with Crippen molar-refractivity contribution in [2.24, 2.45) is 0 Å². The minimum atomic E-state index is -0.0921. The second kappa shape index (κ2) is 5.59. The number of anilines is 2. The van der Waals surface area contributed by atoms with Crippen LogP contribution in [0, 0.1) is 11.3 Å². The number of Topliss-reactive ketones (excluding diaryl/α,β-unsaturated/α-hetero) is 1. The lowest BCUT2D eigenvalue weighted by atomic mass is 10.2. The molecule has 0 spiro atoms. The average molecular weight is 279 g/mol. The van der Waals surface area contributed by atoms with Gasteiger partial charge in [0.25, 0.3) is 0 Å². The van der Waals surface area contributed by atoms with E-state index in [1.54, 1.807) is 0 Å². The summed E-state index contributed by atoms with van der Waals surface area (Å²) >= 11 is 1.31. The quantitative estimate of drug-likeness (QED) is 0.856. The molecule has 1 unspecified atom stereocenters. The monoisotopic (exact) mass is 279 g/mol. The molecular formula is C13H17N3O2S. The van der Waals surface area contributed by atoms with Crippen LogP contribution in [0.5, 0.6) is 0 Å². The van der Waals surface area contributed by atoms with Crippen LogP contribution in [0.25, 0.3) is 0 Å². The van der Waals surface area contributed by atoms with Gasteiger partial charge in [-0.25, -0.2) is 0 Å². The van der Waals surface area contributed by atoms with E-state index in [0.717, 1.165) is 24.5 Å². The first-order valence-electron chi connectivity index (χ1n) is 6.28. The van der Waals surface area contributed by atoms with Gasteiger partial charge in [-0.1, -0.05) is 6.92 Å². The molecule has 0 aromatic carbocycles.